The van der Waals surface area contributed by atoms with Crippen molar-refractivity contribution in [1.82, 2.24) is 4.90 Å². The SMILES string of the molecule is CCN(CC)C(=O)/C=C/c1ccc(Br)cc1. The summed E-state index contributed by atoms with van der Waals surface area (Å²) in [5.41, 5.74) is 1.03. The standard InChI is InChI=1S/C13H16BrNO/c1-3-15(4-2)13(16)10-7-11-5-8-12(14)9-6-11/h5-10H,3-4H2,1-2H3/b10-7+. The van der Waals surface area contributed by atoms with Crippen LogP contribution in [0.5, 0.6) is 0 Å². The third-order valence-electron chi connectivity index (χ3n) is 2.36. The van der Waals surface area contributed by atoms with Crippen molar-refractivity contribution in [1.29, 1.82) is 0 Å². The van der Waals surface area contributed by atoms with Gasteiger partial charge in [0.15, 0.2) is 0 Å². The molecule has 16 heavy (non-hydrogen) atoms. The normalized spacial score (nSPS) is 10.7. The molecule has 2 nitrogen and oxygen atoms in total. The summed E-state index contributed by atoms with van der Waals surface area (Å²) in [7, 11) is 0. The summed E-state index contributed by atoms with van der Waals surface area (Å²) in [4.78, 5) is 13.5. The number of carbonyl (C=O) groups excluding carboxylic acids is 1. The quantitative estimate of drug-likeness (QED) is 0.776. The maximum absolute atomic E-state index is 11.7. The van der Waals surface area contributed by atoms with E-state index < -0.39 is 0 Å². The van der Waals surface area contributed by atoms with Crippen LogP contribution in [0.25, 0.3) is 6.08 Å². The Hall–Kier alpha value is -1.09. The first-order valence-electron chi connectivity index (χ1n) is 5.40. The molecule has 0 spiro atoms. The molecule has 3 heteroatoms. The van der Waals surface area contributed by atoms with Crippen LogP contribution >= 0.6 is 15.9 Å². The van der Waals surface area contributed by atoms with Crippen molar-refractivity contribution in [2.75, 3.05) is 13.1 Å². The number of amides is 1. The van der Waals surface area contributed by atoms with Crippen molar-refractivity contribution in [3.8, 4) is 0 Å². The Morgan fingerprint density at radius 1 is 1.25 bits per heavy atom. The number of hydrogen-bond donors (Lipinski definition) is 0. The van der Waals surface area contributed by atoms with Crippen molar-refractivity contribution in [2.45, 2.75) is 13.8 Å². The van der Waals surface area contributed by atoms with Crippen LogP contribution < -0.4 is 0 Å². The molecule has 1 amide bonds. The van der Waals surface area contributed by atoms with E-state index in [9.17, 15) is 4.79 Å². The summed E-state index contributed by atoms with van der Waals surface area (Å²) in [6, 6.07) is 7.86. The van der Waals surface area contributed by atoms with E-state index in [1.165, 1.54) is 0 Å². The van der Waals surface area contributed by atoms with Gasteiger partial charge in [-0.3, -0.25) is 4.79 Å². The second-order valence-corrected chi connectivity index (χ2v) is 4.31. The lowest BCUT2D eigenvalue weighted by Crippen LogP contribution is -2.28. The van der Waals surface area contributed by atoms with Crippen molar-refractivity contribution in [3.05, 3.63) is 40.4 Å². The molecule has 0 atom stereocenters. The summed E-state index contributed by atoms with van der Waals surface area (Å²) < 4.78 is 1.04. The highest BCUT2D eigenvalue weighted by molar-refractivity contribution is 9.10. The Balaban J connectivity index is 2.66. The predicted molar refractivity (Wildman–Crippen MR) is 71.1 cm³/mol. The van der Waals surface area contributed by atoms with Crippen LogP contribution in [0.15, 0.2) is 34.8 Å². The number of halogens is 1. The highest BCUT2D eigenvalue weighted by atomic mass is 79.9. The van der Waals surface area contributed by atoms with Crippen LogP contribution in [0, 0.1) is 0 Å². The average molecular weight is 282 g/mol. The summed E-state index contributed by atoms with van der Waals surface area (Å²) in [5.74, 6) is 0.0629. The fourth-order valence-electron chi connectivity index (χ4n) is 1.38. The molecule has 1 rings (SSSR count). The van der Waals surface area contributed by atoms with Gasteiger partial charge in [0.05, 0.1) is 0 Å². The molecule has 0 aliphatic heterocycles. The van der Waals surface area contributed by atoms with E-state index in [0.717, 1.165) is 23.1 Å². The van der Waals surface area contributed by atoms with Crippen molar-refractivity contribution in [3.63, 3.8) is 0 Å². The number of rotatable bonds is 4. The Labute approximate surface area is 105 Å². The molecule has 0 aliphatic carbocycles. The summed E-state index contributed by atoms with van der Waals surface area (Å²) in [6.07, 6.45) is 3.46. The molecule has 0 aliphatic rings. The number of benzene rings is 1. The molecule has 0 N–H and O–H groups in total. The number of likely N-dealkylation sites (N-methyl/N-ethyl adjacent to an activating group) is 1. The summed E-state index contributed by atoms with van der Waals surface area (Å²) in [6.45, 7) is 5.46. The second-order valence-electron chi connectivity index (χ2n) is 3.40. The van der Waals surface area contributed by atoms with Gasteiger partial charge in [0.2, 0.25) is 5.91 Å². The lowest BCUT2D eigenvalue weighted by Gasteiger charge is -2.15. The van der Waals surface area contributed by atoms with Gasteiger partial charge in [0, 0.05) is 23.6 Å². The first kappa shape index (κ1) is 13.0. The Morgan fingerprint density at radius 2 is 1.81 bits per heavy atom. The van der Waals surface area contributed by atoms with Gasteiger partial charge in [0.25, 0.3) is 0 Å². The van der Waals surface area contributed by atoms with Gasteiger partial charge in [-0.25, -0.2) is 0 Å². The van der Waals surface area contributed by atoms with E-state index >= 15 is 0 Å². The minimum absolute atomic E-state index is 0.0629. The van der Waals surface area contributed by atoms with Gasteiger partial charge in [-0.15, -0.1) is 0 Å². The monoisotopic (exact) mass is 281 g/mol. The molecule has 0 fully saturated rings. The van der Waals surface area contributed by atoms with Crippen molar-refractivity contribution >= 4 is 27.9 Å². The van der Waals surface area contributed by atoms with Crippen LogP contribution in [0.1, 0.15) is 19.4 Å². The predicted octanol–water partition coefficient (Wildman–Crippen LogP) is 3.33. The number of carbonyl (C=O) groups is 1. The van der Waals surface area contributed by atoms with Crippen LogP contribution in [-0.2, 0) is 4.79 Å². The highest BCUT2D eigenvalue weighted by Crippen LogP contribution is 2.11. The maximum atomic E-state index is 11.7. The summed E-state index contributed by atoms with van der Waals surface area (Å²) >= 11 is 3.37. The van der Waals surface area contributed by atoms with E-state index in [1.807, 2.05) is 44.2 Å². The van der Waals surface area contributed by atoms with E-state index in [1.54, 1.807) is 11.0 Å². The van der Waals surface area contributed by atoms with E-state index in [-0.39, 0.29) is 5.91 Å². The van der Waals surface area contributed by atoms with E-state index in [0.29, 0.717) is 0 Å². The molecular weight excluding hydrogens is 266 g/mol. The third-order valence-corrected chi connectivity index (χ3v) is 2.89. The average Bonchev–Trinajstić information content (AvgIpc) is 2.30. The first-order chi connectivity index (χ1) is 7.67. The number of nitrogens with zero attached hydrogens (tertiary/aromatic N) is 1. The molecule has 0 aromatic heterocycles. The van der Waals surface area contributed by atoms with Crippen LogP contribution in [0.3, 0.4) is 0 Å². The topological polar surface area (TPSA) is 20.3 Å². The van der Waals surface area contributed by atoms with Gasteiger partial charge in [-0.05, 0) is 37.6 Å². The van der Waals surface area contributed by atoms with Crippen LogP contribution in [0.4, 0.5) is 0 Å². The largest absolute Gasteiger partial charge is 0.340 e. The molecule has 0 unspecified atom stereocenters. The molecule has 1 aromatic carbocycles. The second kappa shape index (κ2) is 6.48. The van der Waals surface area contributed by atoms with Gasteiger partial charge >= 0.3 is 0 Å². The molecule has 0 heterocycles. The van der Waals surface area contributed by atoms with E-state index in [4.69, 9.17) is 0 Å². The highest BCUT2D eigenvalue weighted by Gasteiger charge is 2.03. The molecular formula is C13H16BrNO. The molecule has 0 saturated carbocycles. The molecule has 1 aromatic rings. The van der Waals surface area contributed by atoms with E-state index in [2.05, 4.69) is 15.9 Å². The van der Waals surface area contributed by atoms with Gasteiger partial charge in [-0.2, -0.15) is 0 Å². The zero-order valence-corrected chi connectivity index (χ0v) is 11.2. The smallest absolute Gasteiger partial charge is 0.246 e. The lowest BCUT2D eigenvalue weighted by molar-refractivity contribution is -0.125. The molecule has 0 radical (unpaired) electrons. The molecule has 86 valence electrons. The minimum atomic E-state index is 0.0629. The zero-order chi connectivity index (χ0) is 12.0. The third kappa shape index (κ3) is 3.81. The Bertz CT molecular complexity index is 366. The Kier molecular flexibility index (Phi) is 5.26. The van der Waals surface area contributed by atoms with Crippen LogP contribution in [-0.4, -0.2) is 23.9 Å². The zero-order valence-electron chi connectivity index (χ0n) is 9.61. The van der Waals surface area contributed by atoms with Gasteiger partial charge in [-0.1, -0.05) is 28.1 Å². The fourth-order valence-corrected chi connectivity index (χ4v) is 1.65. The molecule has 0 saturated heterocycles. The summed E-state index contributed by atoms with van der Waals surface area (Å²) in [5, 5.41) is 0. The van der Waals surface area contributed by atoms with Gasteiger partial charge < -0.3 is 4.90 Å². The van der Waals surface area contributed by atoms with Gasteiger partial charge in [0.1, 0.15) is 0 Å². The number of hydrogen-bond acceptors (Lipinski definition) is 1. The fraction of sp³-hybridized carbons (Fsp3) is 0.308. The van der Waals surface area contributed by atoms with Crippen LogP contribution in [0.2, 0.25) is 0 Å². The Morgan fingerprint density at radius 3 is 2.31 bits per heavy atom. The van der Waals surface area contributed by atoms with Crippen molar-refractivity contribution < 1.29 is 4.79 Å². The lowest BCUT2D eigenvalue weighted by atomic mass is 10.2. The molecule has 0 bridgehead atoms. The maximum Gasteiger partial charge on any atom is 0.246 e. The van der Waals surface area contributed by atoms with Crippen molar-refractivity contribution in [2.24, 2.45) is 0 Å². The minimum Gasteiger partial charge on any atom is -0.340 e. The first-order valence-corrected chi connectivity index (χ1v) is 6.19.